The zero-order chi connectivity index (χ0) is 15.1. The molecule has 1 heterocycles. The Morgan fingerprint density at radius 1 is 1.29 bits per heavy atom. The lowest BCUT2D eigenvalue weighted by Crippen LogP contribution is -2.22. The summed E-state index contributed by atoms with van der Waals surface area (Å²) in [5.41, 5.74) is 0.967. The van der Waals surface area contributed by atoms with E-state index in [1.165, 1.54) is 0 Å². The first-order chi connectivity index (χ1) is 10.1. The second-order valence-electron chi connectivity index (χ2n) is 5.51. The molecule has 0 saturated carbocycles. The van der Waals surface area contributed by atoms with Gasteiger partial charge < -0.3 is 9.47 Å². The maximum Gasteiger partial charge on any atom is 0.178 e. The van der Waals surface area contributed by atoms with E-state index >= 15 is 0 Å². The molecule has 0 radical (unpaired) electrons. The highest BCUT2D eigenvalue weighted by atomic mass is 32.2. The standard InChI is InChI=1S/C16H24O4S/c1-14-7-6-8-15(13-14)21(17,18)12-5-4-11-20-16-9-2-3-10-19-16/h6-8,13,16H,2-5,9-12H2,1H3. The van der Waals surface area contributed by atoms with Crippen molar-refractivity contribution >= 4 is 9.84 Å². The Labute approximate surface area is 127 Å². The summed E-state index contributed by atoms with van der Waals surface area (Å²) in [6, 6.07) is 7.07. The van der Waals surface area contributed by atoms with Crippen molar-refractivity contribution in [1.82, 2.24) is 0 Å². The van der Waals surface area contributed by atoms with Crippen LogP contribution in [0.5, 0.6) is 0 Å². The van der Waals surface area contributed by atoms with Gasteiger partial charge in [-0.3, -0.25) is 0 Å². The van der Waals surface area contributed by atoms with Crippen molar-refractivity contribution in [1.29, 1.82) is 0 Å². The summed E-state index contributed by atoms with van der Waals surface area (Å²) in [6.07, 6.45) is 4.46. The Morgan fingerprint density at radius 2 is 2.14 bits per heavy atom. The SMILES string of the molecule is Cc1cccc(S(=O)(=O)CCCCOC2CCCCO2)c1. The van der Waals surface area contributed by atoms with Gasteiger partial charge in [0.2, 0.25) is 0 Å². The molecule has 0 aromatic heterocycles. The zero-order valence-electron chi connectivity index (χ0n) is 12.6. The number of hydrogen-bond donors (Lipinski definition) is 0. The van der Waals surface area contributed by atoms with Crippen LogP contribution in [0.1, 0.15) is 37.7 Å². The third-order valence-corrected chi connectivity index (χ3v) is 5.40. The molecule has 1 aliphatic rings. The van der Waals surface area contributed by atoms with E-state index in [0.29, 0.717) is 17.9 Å². The fraction of sp³-hybridized carbons (Fsp3) is 0.625. The van der Waals surface area contributed by atoms with Crippen LogP contribution >= 0.6 is 0 Å². The molecule has 1 aliphatic heterocycles. The molecule has 2 rings (SSSR count). The predicted octanol–water partition coefficient (Wildman–Crippen LogP) is 3.09. The molecule has 0 amide bonds. The van der Waals surface area contributed by atoms with Crippen LogP contribution in [-0.4, -0.2) is 33.7 Å². The summed E-state index contributed by atoms with van der Waals surface area (Å²) in [5.74, 6) is 0.172. The maximum absolute atomic E-state index is 12.2. The number of sulfone groups is 1. The van der Waals surface area contributed by atoms with Crippen LogP contribution in [-0.2, 0) is 19.3 Å². The third kappa shape index (κ3) is 5.41. The Morgan fingerprint density at radius 3 is 2.86 bits per heavy atom. The van der Waals surface area contributed by atoms with Gasteiger partial charge in [0.25, 0.3) is 0 Å². The topological polar surface area (TPSA) is 52.6 Å². The minimum atomic E-state index is -3.17. The van der Waals surface area contributed by atoms with E-state index in [1.54, 1.807) is 18.2 Å². The Balaban J connectivity index is 1.70. The van der Waals surface area contributed by atoms with E-state index in [0.717, 1.165) is 37.9 Å². The van der Waals surface area contributed by atoms with Gasteiger partial charge in [0.1, 0.15) is 0 Å². The van der Waals surface area contributed by atoms with Crippen LogP contribution in [0.2, 0.25) is 0 Å². The van der Waals surface area contributed by atoms with Gasteiger partial charge in [-0.05, 0) is 56.7 Å². The first kappa shape index (κ1) is 16.5. The molecule has 0 N–H and O–H groups in total. The monoisotopic (exact) mass is 312 g/mol. The number of benzene rings is 1. The molecule has 0 bridgehead atoms. The maximum atomic E-state index is 12.2. The van der Waals surface area contributed by atoms with Gasteiger partial charge in [-0.25, -0.2) is 8.42 Å². The van der Waals surface area contributed by atoms with Gasteiger partial charge >= 0.3 is 0 Å². The van der Waals surface area contributed by atoms with Crippen molar-refractivity contribution in [3.8, 4) is 0 Å². The van der Waals surface area contributed by atoms with Gasteiger partial charge in [0, 0.05) is 13.2 Å². The van der Waals surface area contributed by atoms with Crippen molar-refractivity contribution in [3.63, 3.8) is 0 Å². The lowest BCUT2D eigenvalue weighted by molar-refractivity contribution is -0.162. The smallest absolute Gasteiger partial charge is 0.178 e. The molecule has 118 valence electrons. The van der Waals surface area contributed by atoms with E-state index in [-0.39, 0.29) is 12.0 Å². The van der Waals surface area contributed by atoms with E-state index in [2.05, 4.69) is 0 Å². The molecule has 1 aromatic carbocycles. The van der Waals surface area contributed by atoms with Crippen LogP contribution in [0.3, 0.4) is 0 Å². The average Bonchev–Trinajstić information content (AvgIpc) is 2.48. The van der Waals surface area contributed by atoms with Crippen molar-refractivity contribution < 1.29 is 17.9 Å². The summed E-state index contributed by atoms with van der Waals surface area (Å²) < 4.78 is 35.4. The van der Waals surface area contributed by atoms with Crippen LogP contribution in [0.4, 0.5) is 0 Å². The summed E-state index contributed by atoms with van der Waals surface area (Å²) >= 11 is 0. The molecule has 0 spiro atoms. The van der Waals surface area contributed by atoms with Crippen molar-refractivity contribution in [2.24, 2.45) is 0 Å². The summed E-state index contributed by atoms with van der Waals surface area (Å²) in [5, 5.41) is 0. The fourth-order valence-corrected chi connectivity index (χ4v) is 3.85. The zero-order valence-corrected chi connectivity index (χ0v) is 13.4. The molecular formula is C16H24O4S. The summed E-state index contributed by atoms with van der Waals surface area (Å²) in [7, 11) is -3.17. The molecule has 1 fully saturated rings. The van der Waals surface area contributed by atoms with Gasteiger partial charge in [0.15, 0.2) is 16.1 Å². The van der Waals surface area contributed by atoms with Crippen molar-refractivity contribution in [3.05, 3.63) is 29.8 Å². The largest absolute Gasteiger partial charge is 0.353 e. The molecule has 0 aliphatic carbocycles. The minimum absolute atomic E-state index is 0.0906. The number of aryl methyl sites for hydroxylation is 1. The lowest BCUT2D eigenvalue weighted by atomic mass is 10.2. The van der Waals surface area contributed by atoms with Crippen LogP contribution < -0.4 is 0 Å². The number of rotatable bonds is 7. The van der Waals surface area contributed by atoms with Crippen LogP contribution in [0, 0.1) is 6.92 Å². The first-order valence-electron chi connectivity index (χ1n) is 7.60. The quantitative estimate of drug-likeness (QED) is 0.726. The number of ether oxygens (including phenoxy) is 2. The van der Waals surface area contributed by atoms with E-state index in [1.807, 2.05) is 13.0 Å². The highest BCUT2D eigenvalue weighted by molar-refractivity contribution is 7.91. The fourth-order valence-electron chi connectivity index (χ4n) is 2.38. The third-order valence-electron chi connectivity index (χ3n) is 3.60. The highest BCUT2D eigenvalue weighted by Gasteiger charge is 2.15. The van der Waals surface area contributed by atoms with Gasteiger partial charge in [-0.1, -0.05) is 12.1 Å². The summed E-state index contributed by atoms with van der Waals surface area (Å²) in [6.45, 7) is 3.23. The Hall–Kier alpha value is -0.910. The van der Waals surface area contributed by atoms with Gasteiger partial charge in [-0.15, -0.1) is 0 Å². The highest BCUT2D eigenvalue weighted by Crippen LogP contribution is 2.16. The minimum Gasteiger partial charge on any atom is -0.353 e. The van der Waals surface area contributed by atoms with Crippen molar-refractivity contribution in [2.75, 3.05) is 19.0 Å². The molecule has 21 heavy (non-hydrogen) atoms. The number of hydrogen-bond acceptors (Lipinski definition) is 4. The second-order valence-corrected chi connectivity index (χ2v) is 7.62. The van der Waals surface area contributed by atoms with Crippen molar-refractivity contribution in [2.45, 2.75) is 50.2 Å². The second kappa shape index (κ2) is 7.92. The van der Waals surface area contributed by atoms with E-state index < -0.39 is 9.84 Å². The molecule has 1 saturated heterocycles. The Kier molecular flexibility index (Phi) is 6.21. The summed E-state index contributed by atoms with van der Waals surface area (Å²) in [4.78, 5) is 0.416. The van der Waals surface area contributed by atoms with Gasteiger partial charge in [-0.2, -0.15) is 0 Å². The molecule has 4 nitrogen and oxygen atoms in total. The predicted molar refractivity (Wildman–Crippen MR) is 82.0 cm³/mol. The molecule has 1 unspecified atom stereocenters. The van der Waals surface area contributed by atoms with Crippen LogP contribution in [0.25, 0.3) is 0 Å². The molecular weight excluding hydrogens is 288 g/mol. The molecule has 5 heteroatoms. The number of unbranched alkanes of at least 4 members (excludes halogenated alkanes) is 1. The molecule has 1 atom stereocenters. The Bertz CT molecular complexity index is 533. The van der Waals surface area contributed by atoms with Crippen LogP contribution in [0.15, 0.2) is 29.2 Å². The average molecular weight is 312 g/mol. The molecule has 1 aromatic rings. The first-order valence-corrected chi connectivity index (χ1v) is 9.26. The van der Waals surface area contributed by atoms with E-state index in [4.69, 9.17) is 9.47 Å². The lowest BCUT2D eigenvalue weighted by Gasteiger charge is -2.22. The van der Waals surface area contributed by atoms with Gasteiger partial charge in [0.05, 0.1) is 10.6 Å². The van der Waals surface area contributed by atoms with E-state index in [9.17, 15) is 8.42 Å². The normalized spacial score (nSPS) is 19.6.